The van der Waals surface area contributed by atoms with Gasteiger partial charge < -0.3 is 21.5 Å². The number of benzene rings is 1. The number of urea groups is 1. The molecule has 0 aliphatic rings. The van der Waals surface area contributed by atoms with E-state index in [1.165, 1.54) is 0 Å². The van der Waals surface area contributed by atoms with Crippen molar-refractivity contribution in [3.63, 3.8) is 0 Å². The Bertz CT molecular complexity index is 460. The van der Waals surface area contributed by atoms with Crippen LogP contribution in [0.1, 0.15) is 20.3 Å². The highest BCUT2D eigenvalue weighted by Gasteiger charge is 2.19. The molecule has 0 spiro atoms. The van der Waals surface area contributed by atoms with E-state index in [-0.39, 0.29) is 12.3 Å². The summed E-state index contributed by atoms with van der Waals surface area (Å²) >= 11 is 0. The van der Waals surface area contributed by atoms with Gasteiger partial charge >= 0.3 is 12.0 Å². The van der Waals surface area contributed by atoms with Gasteiger partial charge in [-0.05, 0) is 18.1 Å². The van der Waals surface area contributed by atoms with E-state index < -0.39 is 18.0 Å². The van der Waals surface area contributed by atoms with E-state index in [2.05, 4.69) is 10.6 Å². The van der Waals surface area contributed by atoms with Gasteiger partial charge in [-0.2, -0.15) is 0 Å². The molecule has 0 aromatic heterocycles. The zero-order chi connectivity index (χ0) is 14.4. The van der Waals surface area contributed by atoms with Crippen molar-refractivity contribution in [3.8, 4) is 0 Å². The van der Waals surface area contributed by atoms with E-state index in [1.807, 2.05) is 13.8 Å². The predicted molar refractivity (Wildman–Crippen MR) is 73.9 cm³/mol. The first-order valence-electron chi connectivity index (χ1n) is 6.04. The second-order valence-corrected chi connectivity index (χ2v) is 4.63. The van der Waals surface area contributed by atoms with Gasteiger partial charge in [0.2, 0.25) is 0 Å². The highest BCUT2D eigenvalue weighted by atomic mass is 16.4. The van der Waals surface area contributed by atoms with Crippen LogP contribution >= 0.6 is 0 Å². The average molecular weight is 265 g/mol. The number of anilines is 2. The number of nitrogen functional groups attached to an aromatic ring is 1. The number of carboxylic acid groups (broad SMARTS) is 1. The molecule has 5 N–H and O–H groups in total. The second kappa shape index (κ2) is 6.63. The molecule has 0 bridgehead atoms. The standard InChI is InChI=1S/C13H19N3O3/c1-8(2)11(7-12(17)18)16-13(19)15-10-6-4-3-5-9(10)14/h3-6,8,11H,7,14H2,1-2H3,(H,17,18)(H2,15,16,19). The maximum absolute atomic E-state index is 11.8. The van der Waals surface area contributed by atoms with Crippen LogP contribution in [-0.2, 0) is 4.79 Å². The summed E-state index contributed by atoms with van der Waals surface area (Å²) in [7, 11) is 0. The lowest BCUT2D eigenvalue weighted by atomic mass is 10.0. The summed E-state index contributed by atoms with van der Waals surface area (Å²) in [5.74, 6) is -0.923. The molecule has 0 aliphatic carbocycles. The van der Waals surface area contributed by atoms with Crippen molar-refractivity contribution in [1.29, 1.82) is 0 Å². The summed E-state index contributed by atoms with van der Waals surface area (Å²) in [4.78, 5) is 22.5. The maximum Gasteiger partial charge on any atom is 0.319 e. The molecule has 19 heavy (non-hydrogen) atoms. The quantitative estimate of drug-likeness (QED) is 0.610. The maximum atomic E-state index is 11.8. The van der Waals surface area contributed by atoms with Gasteiger partial charge in [0.1, 0.15) is 0 Å². The monoisotopic (exact) mass is 265 g/mol. The minimum absolute atomic E-state index is 0.0231. The number of hydrogen-bond acceptors (Lipinski definition) is 3. The number of carbonyl (C=O) groups excluding carboxylic acids is 1. The highest BCUT2D eigenvalue weighted by Crippen LogP contribution is 2.16. The predicted octanol–water partition coefficient (Wildman–Crippen LogP) is 1.89. The van der Waals surface area contributed by atoms with E-state index in [1.54, 1.807) is 24.3 Å². The minimum atomic E-state index is -0.946. The van der Waals surface area contributed by atoms with Crippen LogP contribution in [0.2, 0.25) is 0 Å². The van der Waals surface area contributed by atoms with Crippen LogP contribution in [0.3, 0.4) is 0 Å². The van der Waals surface area contributed by atoms with Crippen LogP contribution in [-0.4, -0.2) is 23.1 Å². The molecular weight excluding hydrogens is 246 g/mol. The number of aliphatic carboxylic acids is 1. The third-order valence-electron chi connectivity index (χ3n) is 2.72. The smallest absolute Gasteiger partial charge is 0.319 e. The fourth-order valence-electron chi connectivity index (χ4n) is 1.58. The molecule has 1 unspecified atom stereocenters. The van der Waals surface area contributed by atoms with Gasteiger partial charge in [-0.25, -0.2) is 4.79 Å². The first kappa shape index (κ1) is 14.8. The number of nitrogens with one attached hydrogen (secondary N) is 2. The van der Waals surface area contributed by atoms with Gasteiger partial charge in [0, 0.05) is 6.04 Å². The van der Waals surface area contributed by atoms with Crippen molar-refractivity contribution >= 4 is 23.4 Å². The number of hydrogen-bond donors (Lipinski definition) is 4. The summed E-state index contributed by atoms with van der Waals surface area (Å²) in [6, 6.07) is 5.98. The van der Waals surface area contributed by atoms with Gasteiger partial charge in [0.15, 0.2) is 0 Å². The molecule has 1 atom stereocenters. The summed E-state index contributed by atoms with van der Waals surface area (Å²) in [6.07, 6.45) is -0.116. The third kappa shape index (κ3) is 4.87. The zero-order valence-corrected chi connectivity index (χ0v) is 11.0. The van der Waals surface area contributed by atoms with Gasteiger partial charge in [-0.15, -0.1) is 0 Å². The zero-order valence-electron chi connectivity index (χ0n) is 11.0. The molecule has 0 radical (unpaired) electrons. The lowest BCUT2D eigenvalue weighted by molar-refractivity contribution is -0.137. The number of nitrogens with two attached hydrogens (primary N) is 1. The Kier molecular flexibility index (Phi) is 5.17. The Morgan fingerprint density at radius 3 is 2.47 bits per heavy atom. The van der Waals surface area contributed by atoms with Crippen LogP contribution < -0.4 is 16.4 Å². The fourth-order valence-corrected chi connectivity index (χ4v) is 1.58. The molecule has 1 aromatic rings. The Balaban J connectivity index is 2.63. The molecule has 2 amide bonds. The van der Waals surface area contributed by atoms with E-state index in [0.717, 1.165) is 0 Å². The molecule has 0 saturated carbocycles. The van der Waals surface area contributed by atoms with Crippen LogP contribution in [0.5, 0.6) is 0 Å². The molecule has 1 aromatic carbocycles. The van der Waals surface area contributed by atoms with E-state index in [0.29, 0.717) is 11.4 Å². The number of rotatable bonds is 5. The Morgan fingerprint density at radius 1 is 1.32 bits per heavy atom. The van der Waals surface area contributed by atoms with Crippen molar-refractivity contribution in [1.82, 2.24) is 5.32 Å². The molecule has 104 valence electrons. The molecule has 6 heteroatoms. The number of carboxylic acids is 1. The molecule has 0 aliphatic heterocycles. The van der Waals surface area contributed by atoms with Crippen molar-refractivity contribution in [2.45, 2.75) is 26.3 Å². The van der Waals surface area contributed by atoms with E-state index in [4.69, 9.17) is 10.8 Å². The summed E-state index contributed by atoms with van der Waals surface area (Å²) < 4.78 is 0. The summed E-state index contributed by atoms with van der Waals surface area (Å²) in [5.41, 5.74) is 6.66. The average Bonchev–Trinajstić information content (AvgIpc) is 2.30. The largest absolute Gasteiger partial charge is 0.481 e. The van der Waals surface area contributed by atoms with Crippen LogP contribution in [0, 0.1) is 5.92 Å². The van der Waals surface area contributed by atoms with E-state index in [9.17, 15) is 9.59 Å². The molecule has 0 fully saturated rings. The second-order valence-electron chi connectivity index (χ2n) is 4.63. The van der Waals surface area contributed by atoms with Crippen LogP contribution in [0.15, 0.2) is 24.3 Å². The first-order chi connectivity index (χ1) is 8.90. The Morgan fingerprint density at radius 2 is 1.95 bits per heavy atom. The van der Waals surface area contributed by atoms with Crippen LogP contribution in [0.4, 0.5) is 16.2 Å². The van der Waals surface area contributed by atoms with Gasteiger partial charge in [-0.1, -0.05) is 26.0 Å². The molecule has 0 saturated heterocycles. The molecular formula is C13H19N3O3. The van der Waals surface area contributed by atoms with Crippen molar-refractivity contribution in [2.24, 2.45) is 5.92 Å². The third-order valence-corrected chi connectivity index (χ3v) is 2.72. The van der Waals surface area contributed by atoms with E-state index >= 15 is 0 Å². The van der Waals surface area contributed by atoms with Gasteiger partial charge in [0.05, 0.1) is 17.8 Å². The highest BCUT2D eigenvalue weighted by molar-refractivity contribution is 5.92. The van der Waals surface area contributed by atoms with Gasteiger partial charge in [0.25, 0.3) is 0 Å². The van der Waals surface area contributed by atoms with Gasteiger partial charge in [-0.3, -0.25) is 4.79 Å². The topological polar surface area (TPSA) is 104 Å². The normalized spacial score (nSPS) is 11.9. The number of carbonyl (C=O) groups is 2. The Labute approximate surface area is 112 Å². The molecule has 0 heterocycles. The summed E-state index contributed by atoms with van der Waals surface area (Å²) in [6.45, 7) is 3.70. The first-order valence-corrected chi connectivity index (χ1v) is 6.04. The Hall–Kier alpha value is -2.24. The minimum Gasteiger partial charge on any atom is -0.481 e. The summed E-state index contributed by atoms with van der Waals surface area (Å²) in [5, 5.41) is 14.0. The number of amides is 2. The fraction of sp³-hybridized carbons (Fsp3) is 0.385. The lowest BCUT2D eigenvalue weighted by Gasteiger charge is -2.21. The molecule has 6 nitrogen and oxygen atoms in total. The van der Waals surface area contributed by atoms with Crippen LogP contribution in [0.25, 0.3) is 0 Å². The van der Waals surface area contributed by atoms with Crippen molar-refractivity contribution < 1.29 is 14.7 Å². The molecule has 1 rings (SSSR count). The lowest BCUT2D eigenvalue weighted by Crippen LogP contribution is -2.42. The van der Waals surface area contributed by atoms with Crippen molar-refractivity contribution in [2.75, 3.05) is 11.1 Å². The SMILES string of the molecule is CC(C)C(CC(=O)O)NC(=O)Nc1ccccc1N. The number of para-hydroxylation sites is 2. The van der Waals surface area contributed by atoms with Crippen molar-refractivity contribution in [3.05, 3.63) is 24.3 Å².